The van der Waals surface area contributed by atoms with E-state index < -0.39 is 5.60 Å². The van der Waals surface area contributed by atoms with Gasteiger partial charge in [0.1, 0.15) is 11.9 Å². The van der Waals surface area contributed by atoms with Crippen molar-refractivity contribution in [2.24, 2.45) is 0 Å². The van der Waals surface area contributed by atoms with Crippen molar-refractivity contribution < 1.29 is 9.90 Å². The molecule has 2 rings (SSSR count). The van der Waals surface area contributed by atoms with E-state index >= 15 is 0 Å². The van der Waals surface area contributed by atoms with Crippen LogP contribution in [-0.2, 0) is 10.4 Å². The first-order valence-electron chi connectivity index (χ1n) is 5.28. The van der Waals surface area contributed by atoms with Crippen LogP contribution in [0, 0.1) is 0 Å². The van der Waals surface area contributed by atoms with E-state index in [1.807, 2.05) is 30.3 Å². The van der Waals surface area contributed by atoms with Crippen LogP contribution in [0.15, 0.2) is 36.5 Å². The molecule has 0 aliphatic heterocycles. The third-order valence-corrected chi connectivity index (χ3v) is 2.58. The summed E-state index contributed by atoms with van der Waals surface area (Å²) in [4.78, 5) is 10.6. The second kappa shape index (κ2) is 4.47. The lowest BCUT2D eigenvalue weighted by Gasteiger charge is -2.20. The van der Waals surface area contributed by atoms with Gasteiger partial charge in [-0.3, -0.25) is 0 Å². The highest BCUT2D eigenvalue weighted by molar-refractivity contribution is 5.52. The second-order valence-electron chi connectivity index (χ2n) is 4.01. The van der Waals surface area contributed by atoms with Crippen LogP contribution in [-0.4, -0.2) is 26.4 Å². The summed E-state index contributed by atoms with van der Waals surface area (Å²) < 4.78 is 1.53. The van der Waals surface area contributed by atoms with Crippen LogP contribution in [0.2, 0.25) is 0 Å². The normalized spacial score (nSPS) is 14.2. The zero-order chi connectivity index (χ0) is 12.3. The summed E-state index contributed by atoms with van der Waals surface area (Å²) in [7, 11) is 0. The highest BCUT2D eigenvalue weighted by Crippen LogP contribution is 2.24. The van der Waals surface area contributed by atoms with E-state index in [4.69, 9.17) is 0 Å². The minimum absolute atomic E-state index is 0.00715. The maximum Gasteiger partial charge on any atom is 0.123 e. The lowest BCUT2D eigenvalue weighted by atomic mass is 9.99. The molecule has 17 heavy (non-hydrogen) atoms. The number of aromatic nitrogens is 3. The van der Waals surface area contributed by atoms with Crippen LogP contribution in [0.25, 0.3) is 5.69 Å². The van der Waals surface area contributed by atoms with E-state index in [2.05, 4.69) is 10.3 Å². The molecule has 0 radical (unpaired) electrons. The zero-order valence-corrected chi connectivity index (χ0v) is 9.45. The van der Waals surface area contributed by atoms with Gasteiger partial charge in [0, 0.05) is 6.42 Å². The van der Waals surface area contributed by atoms with Crippen molar-refractivity contribution in [2.45, 2.75) is 18.9 Å². The van der Waals surface area contributed by atoms with Crippen molar-refractivity contribution >= 4 is 6.29 Å². The number of nitrogens with zero attached hydrogens (tertiary/aromatic N) is 3. The number of carbonyl (C=O) groups excluding carboxylic acids is 1. The highest BCUT2D eigenvalue weighted by Gasteiger charge is 2.27. The third kappa shape index (κ3) is 2.24. The van der Waals surface area contributed by atoms with Crippen molar-refractivity contribution in [3.8, 4) is 5.69 Å². The van der Waals surface area contributed by atoms with Crippen LogP contribution >= 0.6 is 0 Å². The fourth-order valence-corrected chi connectivity index (χ4v) is 1.63. The van der Waals surface area contributed by atoms with Gasteiger partial charge in [0.2, 0.25) is 0 Å². The smallest absolute Gasteiger partial charge is 0.123 e. The number of hydrogen-bond acceptors (Lipinski definition) is 4. The van der Waals surface area contributed by atoms with Crippen molar-refractivity contribution in [3.63, 3.8) is 0 Å². The molecular formula is C12H13N3O2. The number of carbonyl (C=O) groups is 1. The topological polar surface area (TPSA) is 68.0 Å². The zero-order valence-electron chi connectivity index (χ0n) is 9.45. The maximum atomic E-state index is 10.6. The molecule has 0 aliphatic rings. The molecule has 1 N–H and O–H groups in total. The number of para-hydroxylation sites is 1. The molecule has 0 spiro atoms. The monoisotopic (exact) mass is 231 g/mol. The van der Waals surface area contributed by atoms with E-state index in [9.17, 15) is 9.90 Å². The third-order valence-electron chi connectivity index (χ3n) is 2.58. The molecule has 0 saturated carbocycles. The lowest BCUT2D eigenvalue weighted by molar-refractivity contribution is -0.112. The Kier molecular flexibility index (Phi) is 3.01. The first-order valence-corrected chi connectivity index (χ1v) is 5.28. The summed E-state index contributed by atoms with van der Waals surface area (Å²) in [6.07, 6.45) is 2.16. The number of rotatable bonds is 4. The van der Waals surface area contributed by atoms with Gasteiger partial charge in [-0.05, 0) is 19.1 Å². The lowest BCUT2D eigenvalue weighted by Crippen LogP contribution is -2.25. The van der Waals surface area contributed by atoms with Crippen molar-refractivity contribution in [1.82, 2.24) is 15.0 Å². The van der Waals surface area contributed by atoms with Crippen LogP contribution in [0.3, 0.4) is 0 Å². The quantitative estimate of drug-likeness (QED) is 0.799. The van der Waals surface area contributed by atoms with Crippen molar-refractivity contribution in [1.29, 1.82) is 0 Å². The van der Waals surface area contributed by atoms with E-state index in [0.717, 1.165) is 5.69 Å². The molecule has 2 aromatic rings. The molecule has 0 saturated heterocycles. The Morgan fingerprint density at radius 1 is 1.41 bits per heavy atom. The van der Waals surface area contributed by atoms with Crippen LogP contribution in [0.1, 0.15) is 19.0 Å². The molecule has 1 aromatic heterocycles. The van der Waals surface area contributed by atoms with Gasteiger partial charge in [-0.1, -0.05) is 23.4 Å². The Bertz CT molecular complexity index is 505. The molecule has 1 unspecified atom stereocenters. The van der Waals surface area contributed by atoms with E-state index in [1.165, 1.54) is 10.9 Å². The molecule has 0 amide bonds. The summed E-state index contributed by atoms with van der Waals surface area (Å²) in [5, 5.41) is 17.9. The predicted molar refractivity (Wildman–Crippen MR) is 61.6 cm³/mol. The Hall–Kier alpha value is -2.01. The van der Waals surface area contributed by atoms with E-state index in [-0.39, 0.29) is 6.42 Å². The Morgan fingerprint density at radius 3 is 2.76 bits per heavy atom. The average molecular weight is 231 g/mol. The molecule has 5 heteroatoms. The molecule has 0 aliphatic carbocycles. The first-order chi connectivity index (χ1) is 8.15. The SMILES string of the molecule is CC(O)(CC=O)c1cnnn1-c1ccccc1. The second-order valence-corrected chi connectivity index (χ2v) is 4.01. The van der Waals surface area contributed by atoms with Crippen LogP contribution in [0.5, 0.6) is 0 Å². The van der Waals surface area contributed by atoms with Gasteiger partial charge in [0.05, 0.1) is 17.6 Å². The van der Waals surface area contributed by atoms with E-state index in [0.29, 0.717) is 12.0 Å². The molecule has 0 fully saturated rings. The summed E-state index contributed by atoms with van der Waals surface area (Å²) in [5.41, 5.74) is 0.0307. The van der Waals surface area contributed by atoms with Crippen LogP contribution < -0.4 is 0 Å². The van der Waals surface area contributed by atoms with Crippen molar-refractivity contribution in [2.75, 3.05) is 0 Å². The van der Waals surface area contributed by atoms with Gasteiger partial charge in [0.25, 0.3) is 0 Å². The van der Waals surface area contributed by atoms with Gasteiger partial charge < -0.3 is 9.90 Å². The Morgan fingerprint density at radius 2 is 2.12 bits per heavy atom. The van der Waals surface area contributed by atoms with Gasteiger partial charge in [-0.2, -0.15) is 0 Å². The summed E-state index contributed by atoms with van der Waals surface area (Å²) >= 11 is 0. The van der Waals surface area contributed by atoms with Gasteiger partial charge in [0.15, 0.2) is 0 Å². The highest BCUT2D eigenvalue weighted by atomic mass is 16.3. The molecule has 88 valence electrons. The minimum atomic E-state index is -1.26. The van der Waals surface area contributed by atoms with Crippen LogP contribution in [0.4, 0.5) is 0 Å². The molecular weight excluding hydrogens is 218 g/mol. The number of benzene rings is 1. The molecule has 1 atom stereocenters. The van der Waals surface area contributed by atoms with E-state index in [1.54, 1.807) is 6.92 Å². The molecule has 1 aromatic carbocycles. The van der Waals surface area contributed by atoms with Gasteiger partial charge in [-0.25, -0.2) is 4.68 Å². The number of hydrogen-bond donors (Lipinski definition) is 1. The first kappa shape index (κ1) is 11.5. The van der Waals surface area contributed by atoms with Gasteiger partial charge >= 0.3 is 0 Å². The fourth-order valence-electron chi connectivity index (χ4n) is 1.63. The Balaban J connectivity index is 2.45. The van der Waals surface area contributed by atoms with Gasteiger partial charge in [-0.15, -0.1) is 5.10 Å². The summed E-state index contributed by atoms with van der Waals surface area (Å²) in [6.45, 7) is 1.57. The molecule has 0 bridgehead atoms. The minimum Gasteiger partial charge on any atom is -0.383 e. The fraction of sp³-hybridized carbons (Fsp3) is 0.250. The largest absolute Gasteiger partial charge is 0.383 e. The predicted octanol–water partition coefficient (Wildman–Crippen LogP) is 1.06. The standard InChI is InChI=1S/C12H13N3O2/c1-12(17,7-8-16)11-9-13-14-15(11)10-5-3-2-4-6-10/h2-6,8-9,17H,7H2,1H3. The Labute approximate surface area is 98.7 Å². The summed E-state index contributed by atoms with van der Waals surface area (Å²) in [5.74, 6) is 0. The summed E-state index contributed by atoms with van der Waals surface area (Å²) in [6, 6.07) is 9.35. The number of aliphatic hydroxyl groups is 1. The molecule has 1 heterocycles. The average Bonchev–Trinajstić information content (AvgIpc) is 2.79. The van der Waals surface area contributed by atoms with Crippen molar-refractivity contribution in [3.05, 3.63) is 42.2 Å². The maximum absolute atomic E-state index is 10.6. The number of aldehydes is 1. The molecule has 5 nitrogen and oxygen atoms in total.